The monoisotopic (exact) mass is 623 g/mol. The first kappa shape index (κ1) is 32.4. The first-order chi connectivity index (χ1) is 20.8. The number of rotatable bonds is 11. The summed E-state index contributed by atoms with van der Waals surface area (Å²) in [5.74, 6) is 1.64. The summed E-state index contributed by atoms with van der Waals surface area (Å²) in [5.41, 5.74) is 3.60. The summed E-state index contributed by atoms with van der Waals surface area (Å²) in [4.78, 5) is 29.7. The van der Waals surface area contributed by atoms with E-state index < -0.39 is 21.8 Å². The van der Waals surface area contributed by atoms with Gasteiger partial charge in [0.25, 0.3) is 10.1 Å². The normalized spacial score (nSPS) is 11.7. The molecule has 2 aromatic carbocycles. The van der Waals surface area contributed by atoms with Crippen LogP contribution in [0.25, 0.3) is 22.3 Å². The number of pyridine rings is 1. The van der Waals surface area contributed by atoms with Crippen LogP contribution < -0.4 is 19.3 Å². The minimum Gasteiger partial charge on any atom is -0.497 e. The van der Waals surface area contributed by atoms with Gasteiger partial charge in [-0.1, -0.05) is 0 Å². The second-order valence-corrected chi connectivity index (χ2v) is 12.6. The molecule has 44 heavy (non-hydrogen) atoms. The van der Waals surface area contributed by atoms with Gasteiger partial charge in [0.15, 0.2) is 0 Å². The average molecular weight is 624 g/mol. The minimum atomic E-state index is -3.56. The SMILES string of the molecule is COc1cc(OC)cc(N(CCCOS(C)(=O)=O)c2ccc3ncc(-c4ccc(N(C)C(=O)OC(C)(C)C)nc4)nc3c2)c1. The number of carbonyl (C=O) groups excluding carboxylic acids is 1. The molecule has 0 spiro atoms. The lowest BCUT2D eigenvalue weighted by Gasteiger charge is -2.26. The van der Waals surface area contributed by atoms with Crippen molar-refractivity contribution in [1.82, 2.24) is 15.0 Å². The van der Waals surface area contributed by atoms with E-state index in [1.54, 1.807) is 66.6 Å². The van der Waals surface area contributed by atoms with Crippen LogP contribution in [0.2, 0.25) is 0 Å². The largest absolute Gasteiger partial charge is 0.497 e. The third kappa shape index (κ3) is 8.54. The van der Waals surface area contributed by atoms with Crippen LogP contribution in [-0.2, 0) is 19.0 Å². The Labute approximate surface area is 257 Å². The number of hydrogen-bond acceptors (Lipinski definition) is 11. The predicted octanol–water partition coefficient (Wildman–Crippen LogP) is 5.58. The zero-order valence-electron chi connectivity index (χ0n) is 25.9. The Hall–Kier alpha value is -4.49. The molecule has 0 aliphatic heterocycles. The number of hydrogen-bond donors (Lipinski definition) is 0. The van der Waals surface area contributed by atoms with E-state index in [2.05, 4.69) is 9.97 Å². The fourth-order valence-electron chi connectivity index (χ4n) is 4.26. The second-order valence-electron chi connectivity index (χ2n) is 11.0. The Morgan fingerprint density at radius 1 is 0.886 bits per heavy atom. The fraction of sp³-hybridized carbons (Fsp3) is 0.355. The number of benzene rings is 2. The molecule has 2 heterocycles. The highest BCUT2D eigenvalue weighted by Crippen LogP contribution is 2.34. The summed E-state index contributed by atoms with van der Waals surface area (Å²) in [7, 11) is 1.19. The van der Waals surface area contributed by atoms with Crippen LogP contribution in [0, 0.1) is 0 Å². The van der Waals surface area contributed by atoms with Crippen LogP contribution in [0.4, 0.5) is 22.0 Å². The quantitative estimate of drug-likeness (QED) is 0.153. The number of carbonyl (C=O) groups is 1. The summed E-state index contributed by atoms with van der Waals surface area (Å²) in [5, 5.41) is 0. The molecule has 0 fully saturated rings. The smallest absolute Gasteiger partial charge is 0.415 e. The van der Waals surface area contributed by atoms with Gasteiger partial charge < -0.3 is 19.1 Å². The van der Waals surface area contributed by atoms with Gasteiger partial charge >= 0.3 is 6.09 Å². The van der Waals surface area contributed by atoms with Crippen molar-refractivity contribution in [3.05, 3.63) is 60.9 Å². The number of aromatic nitrogens is 3. The highest BCUT2D eigenvalue weighted by atomic mass is 32.2. The molecule has 13 heteroatoms. The van der Waals surface area contributed by atoms with E-state index in [1.807, 2.05) is 41.3 Å². The number of fused-ring (bicyclic) bond motifs is 1. The maximum absolute atomic E-state index is 12.4. The lowest BCUT2D eigenvalue weighted by Crippen LogP contribution is -2.34. The molecule has 4 rings (SSSR count). The van der Waals surface area contributed by atoms with Crippen molar-refractivity contribution in [2.24, 2.45) is 0 Å². The Kier molecular flexibility index (Phi) is 9.90. The summed E-state index contributed by atoms with van der Waals surface area (Å²) < 4.78 is 44.4. The van der Waals surface area contributed by atoms with Crippen molar-refractivity contribution in [3.63, 3.8) is 0 Å². The molecule has 1 amide bonds. The van der Waals surface area contributed by atoms with Gasteiger partial charge in [-0.2, -0.15) is 8.42 Å². The van der Waals surface area contributed by atoms with Crippen LogP contribution in [-0.4, -0.2) is 75.7 Å². The van der Waals surface area contributed by atoms with Gasteiger partial charge in [-0.25, -0.2) is 14.8 Å². The lowest BCUT2D eigenvalue weighted by atomic mass is 10.1. The van der Waals surface area contributed by atoms with Crippen molar-refractivity contribution in [1.29, 1.82) is 0 Å². The molecule has 0 aliphatic rings. The predicted molar refractivity (Wildman–Crippen MR) is 169 cm³/mol. The van der Waals surface area contributed by atoms with Crippen LogP contribution in [0.1, 0.15) is 27.2 Å². The molecule has 0 aliphatic carbocycles. The Morgan fingerprint density at radius 2 is 1.59 bits per heavy atom. The van der Waals surface area contributed by atoms with Crippen molar-refractivity contribution < 1.29 is 31.6 Å². The molecule has 0 saturated carbocycles. The molecule has 234 valence electrons. The summed E-state index contributed by atoms with van der Waals surface area (Å²) in [6.07, 6.45) is 4.25. The third-order valence-electron chi connectivity index (χ3n) is 6.36. The Morgan fingerprint density at radius 3 is 2.18 bits per heavy atom. The molecule has 12 nitrogen and oxygen atoms in total. The summed E-state index contributed by atoms with van der Waals surface area (Å²) >= 11 is 0. The van der Waals surface area contributed by atoms with E-state index in [0.717, 1.165) is 23.2 Å². The van der Waals surface area contributed by atoms with Gasteiger partial charge in [0.05, 0.1) is 50.0 Å². The van der Waals surface area contributed by atoms with Gasteiger partial charge in [0.2, 0.25) is 0 Å². The molecule has 0 saturated heterocycles. The highest BCUT2D eigenvalue weighted by molar-refractivity contribution is 7.85. The molecule has 2 aromatic heterocycles. The summed E-state index contributed by atoms with van der Waals surface area (Å²) in [6.45, 7) is 5.87. The van der Waals surface area contributed by atoms with Crippen molar-refractivity contribution in [3.8, 4) is 22.8 Å². The molecule has 0 atom stereocenters. The highest BCUT2D eigenvalue weighted by Gasteiger charge is 2.21. The van der Waals surface area contributed by atoms with E-state index in [9.17, 15) is 13.2 Å². The van der Waals surface area contributed by atoms with Gasteiger partial charge in [-0.15, -0.1) is 0 Å². The van der Waals surface area contributed by atoms with Crippen molar-refractivity contribution >= 4 is 44.4 Å². The van der Waals surface area contributed by atoms with Crippen LogP contribution in [0.3, 0.4) is 0 Å². The molecule has 0 N–H and O–H groups in total. The standard InChI is InChI=1S/C31H37N5O7S/c1-31(2,3)43-30(37)35(4)29-12-9-21(19-33-29)28-20-32-26-11-10-22(17-27(26)34-28)36(13-8-14-42-44(7,38)39)23-15-24(40-5)18-25(16-23)41-6/h9-12,15-20H,8,13-14H2,1-7H3. The number of amides is 1. The molecule has 4 aromatic rings. The van der Waals surface area contributed by atoms with Crippen LogP contribution in [0.5, 0.6) is 11.5 Å². The van der Waals surface area contributed by atoms with E-state index >= 15 is 0 Å². The molecule has 0 radical (unpaired) electrons. The maximum atomic E-state index is 12.4. The van der Waals surface area contributed by atoms with Crippen LogP contribution in [0.15, 0.2) is 60.9 Å². The topological polar surface area (TPSA) is 133 Å². The molecular weight excluding hydrogens is 586 g/mol. The maximum Gasteiger partial charge on any atom is 0.415 e. The molecular formula is C31H37N5O7S. The van der Waals surface area contributed by atoms with E-state index in [1.165, 1.54) is 4.90 Å². The fourth-order valence-corrected chi connectivity index (χ4v) is 4.68. The van der Waals surface area contributed by atoms with Gasteiger partial charge in [0.1, 0.15) is 22.9 Å². The number of ether oxygens (including phenoxy) is 3. The van der Waals surface area contributed by atoms with Crippen LogP contribution >= 0.6 is 0 Å². The first-order valence-corrected chi connectivity index (χ1v) is 15.6. The number of anilines is 3. The van der Waals surface area contributed by atoms with Gasteiger partial charge in [0, 0.05) is 54.9 Å². The Balaban J connectivity index is 1.65. The van der Waals surface area contributed by atoms with Crippen molar-refractivity contribution in [2.45, 2.75) is 32.8 Å². The van der Waals surface area contributed by atoms with Gasteiger partial charge in [-0.05, 0) is 57.5 Å². The van der Waals surface area contributed by atoms with E-state index in [4.69, 9.17) is 23.4 Å². The number of methoxy groups -OCH3 is 2. The van der Waals surface area contributed by atoms with E-state index in [0.29, 0.717) is 47.0 Å². The molecule has 0 bridgehead atoms. The zero-order chi connectivity index (χ0) is 32.1. The lowest BCUT2D eigenvalue weighted by molar-refractivity contribution is 0.0588. The second kappa shape index (κ2) is 13.4. The first-order valence-electron chi connectivity index (χ1n) is 13.8. The molecule has 0 unspecified atom stereocenters. The average Bonchev–Trinajstić information content (AvgIpc) is 2.98. The van der Waals surface area contributed by atoms with Gasteiger partial charge in [-0.3, -0.25) is 14.1 Å². The van der Waals surface area contributed by atoms with E-state index in [-0.39, 0.29) is 6.61 Å². The van der Waals surface area contributed by atoms with Crippen molar-refractivity contribution in [2.75, 3.05) is 50.5 Å². The third-order valence-corrected chi connectivity index (χ3v) is 6.96. The number of nitrogens with zero attached hydrogens (tertiary/aromatic N) is 5. The minimum absolute atomic E-state index is 0.0279. The zero-order valence-corrected chi connectivity index (χ0v) is 26.7. The Bertz CT molecular complexity index is 1700. The summed E-state index contributed by atoms with van der Waals surface area (Å²) in [6, 6.07) is 14.8.